The van der Waals surface area contributed by atoms with Crippen molar-refractivity contribution in [3.05, 3.63) is 41.9 Å². The van der Waals surface area contributed by atoms with Gasteiger partial charge in [0.2, 0.25) is 5.91 Å². The van der Waals surface area contributed by atoms with Crippen LogP contribution in [0.5, 0.6) is 0 Å². The fraction of sp³-hybridized carbons (Fsp3) is 0.565. The number of likely N-dealkylation sites (tertiary alicyclic amines) is 1. The summed E-state index contributed by atoms with van der Waals surface area (Å²) in [6, 6.07) is 7.25. The first-order valence-corrected chi connectivity index (χ1v) is 13.6. The van der Waals surface area contributed by atoms with Crippen LogP contribution in [-0.4, -0.2) is 78.5 Å². The number of aromatic amines is 1. The molecule has 32 heavy (non-hydrogen) atoms. The molecule has 174 valence electrons. The molecule has 4 rings (SSSR count). The largest absolute Gasteiger partial charge is 0.349 e. The van der Waals surface area contributed by atoms with Crippen LogP contribution >= 0.6 is 23.5 Å². The smallest absolute Gasteiger partial charge is 0.253 e. The van der Waals surface area contributed by atoms with Gasteiger partial charge in [0.15, 0.2) is 0 Å². The Morgan fingerprint density at radius 3 is 2.62 bits per heavy atom. The van der Waals surface area contributed by atoms with Crippen LogP contribution in [-0.2, 0) is 10.7 Å². The van der Waals surface area contributed by atoms with Crippen molar-refractivity contribution in [2.24, 2.45) is 0 Å². The fourth-order valence-corrected chi connectivity index (χ4v) is 5.64. The third-order valence-corrected chi connectivity index (χ3v) is 8.28. The van der Waals surface area contributed by atoms with Crippen LogP contribution in [0, 0.1) is 0 Å². The molecular formula is C23H32N4O3S2. The van der Waals surface area contributed by atoms with Crippen LogP contribution in [0.2, 0.25) is 0 Å². The van der Waals surface area contributed by atoms with E-state index < -0.39 is 5.91 Å². The molecule has 9 heteroatoms. The number of hydrogen-bond acceptors (Lipinski definition) is 7. The molecule has 2 atom stereocenters. The Labute approximate surface area is 198 Å². The number of nitrogens with zero attached hydrogens (tertiary/aromatic N) is 3. The number of carbonyl (C=O) groups excluding carboxylic acids is 1. The highest BCUT2D eigenvalue weighted by molar-refractivity contribution is 7.99. The number of rotatable bonds is 6. The van der Waals surface area contributed by atoms with Crippen LogP contribution in [0.15, 0.2) is 30.5 Å². The van der Waals surface area contributed by atoms with Gasteiger partial charge < -0.3 is 20.1 Å². The first kappa shape index (κ1) is 23.6. The van der Waals surface area contributed by atoms with Crippen molar-refractivity contribution in [2.75, 3.05) is 37.4 Å². The van der Waals surface area contributed by atoms with Crippen molar-refractivity contribution in [3.63, 3.8) is 0 Å². The van der Waals surface area contributed by atoms with Gasteiger partial charge in [0, 0.05) is 36.7 Å². The van der Waals surface area contributed by atoms with Crippen LogP contribution in [0.4, 0.5) is 0 Å². The monoisotopic (exact) mass is 476 g/mol. The molecule has 2 aliphatic rings. The minimum Gasteiger partial charge on any atom is -0.349 e. The van der Waals surface area contributed by atoms with E-state index in [4.69, 9.17) is 0 Å². The van der Waals surface area contributed by atoms with E-state index in [9.17, 15) is 15.0 Å². The van der Waals surface area contributed by atoms with Gasteiger partial charge in [-0.25, -0.2) is 9.88 Å². The fourth-order valence-electron chi connectivity index (χ4n) is 4.40. The number of aromatic nitrogens is 2. The number of hydrogen-bond donors (Lipinski definition) is 3. The van der Waals surface area contributed by atoms with Gasteiger partial charge in [-0.2, -0.15) is 23.5 Å². The molecule has 2 unspecified atom stereocenters. The molecule has 3 heterocycles. The standard InChI is InChI=1S/C23H32N4O3S2/c1-16(31-2)22(28)27-10-4-3-5-20(27)21-24-15-19(25-21)17-6-8-18(9-7-17)23(29,30)26-11-13-32-14-12-26/h6-9,15-16,20,29-30H,3-5,10-14H2,1-2H3,(H,24,25). The zero-order chi connectivity index (χ0) is 22.7. The number of imidazole rings is 1. The molecule has 7 nitrogen and oxygen atoms in total. The highest BCUT2D eigenvalue weighted by Gasteiger charge is 2.35. The molecule has 0 aliphatic carbocycles. The molecule has 2 aliphatic heterocycles. The Kier molecular flexibility index (Phi) is 7.51. The van der Waals surface area contributed by atoms with Crippen molar-refractivity contribution < 1.29 is 15.0 Å². The van der Waals surface area contributed by atoms with Crippen LogP contribution in [0.25, 0.3) is 11.3 Å². The van der Waals surface area contributed by atoms with Gasteiger partial charge in [0.1, 0.15) is 5.82 Å². The molecule has 0 radical (unpaired) electrons. The summed E-state index contributed by atoms with van der Waals surface area (Å²) in [6.07, 6.45) is 6.78. The van der Waals surface area contributed by atoms with Gasteiger partial charge in [0.05, 0.1) is 23.2 Å². The predicted octanol–water partition coefficient (Wildman–Crippen LogP) is 3.03. The number of H-pyrrole nitrogens is 1. The Hall–Kier alpha value is -1.52. The van der Waals surface area contributed by atoms with Gasteiger partial charge in [-0.05, 0) is 38.0 Å². The second-order valence-corrected chi connectivity index (χ2v) is 10.8. The first-order valence-electron chi connectivity index (χ1n) is 11.2. The lowest BCUT2D eigenvalue weighted by Crippen LogP contribution is -2.49. The van der Waals surface area contributed by atoms with Crippen LogP contribution in [0.1, 0.15) is 43.6 Å². The van der Waals surface area contributed by atoms with E-state index in [1.165, 1.54) is 0 Å². The summed E-state index contributed by atoms with van der Waals surface area (Å²) in [4.78, 5) is 24.6. The van der Waals surface area contributed by atoms with Crippen molar-refractivity contribution in [2.45, 2.75) is 43.4 Å². The van der Waals surface area contributed by atoms with Crippen LogP contribution in [0.3, 0.4) is 0 Å². The van der Waals surface area contributed by atoms with Crippen LogP contribution < -0.4 is 0 Å². The van der Waals surface area contributed by atoms with E-state index in [-0.39, 0.29) is 17.2 Å². The molecule has 0 spiro atoms. The van der Waals surface area contributed by atoms with Crippen molar-refractivity contribution in [1.29, 1.82) is 0 Å². The van der Waals surface area contributed by atoms with E-state index in [0.717, 1.165) is 54.4 Å². The molecule has 3 N–H and O–H groups in total. The summed E-state index contributed by atoms with van der Waals surface area (Å²) < 4.78 is 0. The van der Waals surface area contributed by atoms with Crippen molar-refractivity contribution in [1.82, 2.24) is 19.8 Å². The Morgan fingerprint density at radius 1 is 1.22 bits per heavy atom. The summed E-state index contributed by atoms with van der Waals surface area (Å²) in [7, 11) is 0. The van der Waals surface area contributed by atoms with E-state index >= 15 is 0 Å². The molecule has 1 aromatic heterocycles. The zero-order valence-corrected chi connectivity index (χ0v) is 20.3. The lowest BCUT2D eigenvalue weighted by molar-refractivity contribution is -0.273. The topological polar surface area (TPSA) is 92.7 Å². The summed E-state index contributed by atoms with van der Waals surface area (Å²) >= 11 is 3.40. The zero-order valence-electron chi connectivity index (χ0n) is 18.7. The van der Waals surface area contributed by atoms with Gasteiger partial charge in [-0.15, -0.1) is 0 Å². The van der Waals surface area contributed by atoms with E-state index in [2.05, 4.69) is 9.97 Å². The highest BCUT2D eigenvalue weighted by Crippen LogP contribution is 2.33. The first-order chi connectivity index (χ1) is 15.4. The summed E-state index contributed by atoms with van der Waals surface area (Å²) in [5.74, 6) is 0.816. The maximum absolute atomic E-state index is 12.9. The number of thioether (sulfide) groups is 2. The second-order valence-electron chi connectivity index (χ2n) is 8.42. The maximum atomic E-state index is 12.9. The Bertz CT molecular complexity index is 912. The third-order valence-electron chi connectivity index (χ3n) is 6.43. The Morgan fingerprint density at radius 2 is 1.94 bits per heavy atom. The normalized spacial score (nSPS) is 21.5. The number of aliphatic hydroxyl groups is 2. The van der Waals surface area contributed by atoms with Gasteiger partial charge in [-0.3, -0.25) is 4.79 Å². The predicted molar refractivity (Wildman–Crippen MR) is 130 cm³/mol. The van der Waals surface area contributed by atoms with Crippen molar-refractivity contribution >= 4 is 29.4 Å². The number of nitrogens with one attached hydrogen (secondary N) is 1. The number of amides is 1. The molecule has 0 saturated carbocycles. The molecule has 1 amide bonds. The quantitative estimate of drug-likeness (QED) is 0.552. The van der Waals surface area contributed by atoms with Gasteiger partial charge >= 0.3 is 0 Å². The van der Waals surface area contributed by atoms with E-state index in [0.29, 0.717) is 18.7 Å². The molecular weight excluding hydrogens is 444 g/mol. The minimum atomic E-state index is -1.96. The summed E-state index contributed by atoms with van der Waals surface area (Å²) in [5.41, 5.74) is 2.24. The molecule has 1 aromatic carbocycles. The number of benzene rings is 1. The Balaban J connectivity index is 1.51. The molecule has 2 saturated heterocycles. The SMILES string of the molecule is CSC(C)C(=O)N1CCCCC1c1ncc(-c2ccc(C(O)(O)N3CCSCC3)cc2)[nH]1. The maximum Gasteiger partial charge on any atom is 0.253 e. The summed E-state index contributed by atoms with van der Waals surface area (Å²) in [5, 5.41) is 21.3. The van der Waals surface area contributed by atoms with Gasteiger partial charge in [-0.1, -0.05) is 24.3 Å². The average molecular weight is 477 g/mol. The number of piperidine rings is 1. The average Bonchev–Trinajstić information content (AvgIpc) is 3.34. The van der Waals surface area contributed by atoms with Crippen molar-refractivity contribution in [3.8, 4) is 11.3 Å². The summed E-state index contributed by atoms with van der Waals surface area (Å²) in [6.45, 7) is 4.02. The molecule has 2 aromatic rings. The van der Waals surface area contributed by atoms with E-state index in [1.54, 1.807) is 35.0 Å². The third kappa shape index (κ3) is 4.87. The molecule has 2 fully saturated rings. The molecule has 0 bridgehead atoms. The lowest BCUT2D eigenvalue weighted by Gasteiger charge is -2.37. The lowest BCUT2D eigenvalue weighted by atomic mass is 10.0. The second kappa shape index (κ2) is 10.2. The highest BCUT2D eigenvalue weighted by atomic mass is 32.2. The number of carbonyl (C=O) groups is 1. The van der Waals surface area contributed by atoms with E-state index in [1.807, 2.05) is 42.0 Å². The van der Waals surface area contributed by atoms with Gasteiger partial charge in [0.25, 0.3) is 5.91 Å². The minimum absolute atomic E-state index is 0.0293.